The van der Waals surface area contributed by atoms with Crippen LogP contribution in [0.2, 0.25) is 0 Å². The zero-order valence-electron chi connectivity index (χ0n) is 32.4. The van der Waals surface area contributed by atoms with Crippen LogP contribution in [0, 0.1) is 41.1 Å². The lowest BCUT2D eigenvalue weighted by atomic mass is 9.82. The first kappa shape index (κ1) is 43.9. The first-order chi connectivity index (χ1) is 26.8. The molecule has 0 aliphatic heterocycles. The second-order valence-corrected chi connectivity index (χ2v) is 15.1. The van der Waals surface area contributed by atoms with Crippen molar-refractivity contribution in [3.8, 4) is 6.26 Å². The minimum Gasteiger partial charge on any atom is -0.447 e. The van der Waals surface area contributed by atoms with Gasteiger partial charge in [0.05, 0.1) is 52.8 Å². The lowest BCUT2D eigenvalue weighted by Crippen LogP contribution is -2.56. The molecule has 0 spiro atoms. The van der Waals surface area contributed by atoms with Crippen molar-refractivity contribution >= 4 is 12.2 Å². The minimum atomic E-state index is -0.569. The molecule has 1 N–H and O–H groups in total. The third-order valence-electron chi connectivity index (χ3n) is 11.2. The van der Waals surface area contributed by atoms with Gasteiger partial charge in [-0.1, -0.05) is 0 Å². The van der Waals surface area contributed by atoms with Crippen LogP contribution < -0.4 is 22.4 Å². The number of hydrogen-bond donors (Lipinski definition) is 1. The number of alkyl carbamates (subject to hydrolysis) is 1. The van der Waals surface area contributed by atoms with Crippen molar-refractivity contribution in [1.29, 1.82) is 5.26 Å². The topological polar surface area (TPSA) is 204 Å². The smallest absolute Gasteiger partial charge is 0.407 e. The molecule has 4 rings (SSSR count). The summed E-state index contributed by atoms with van der Waals surface area (Å²) >= 11 is 0. The van der Waals surface area contributed by atoms with E-state index in [4.69, 9.17) is 33.7 Å². The molecule has 1 aromatic rings. The molecule has 0 unspecified atom stereocenters. The van der Waals surface area contributed by atoms with Crippen molar-refractivity contribution in [2.24, 2.45) is 34.6 Å². The molecule has 3 aliphatic carbocycles. The molecule has 3 fully saturated rings. The number of nitrogens with zero attached hydrogens (tertiary/aromatic N) is 5. The second-order valence-electron chi connectivity index (χ2n) is 15.1. The number of ether oxygens (including phenoxy) is 6. The highest BCUT2D eigenvalue weighted by Crippen LogP contribution is 2.31. The van der Waals surface area contributed by atoms with Gasteiger partial charge in [0.25, 0.3) is 6.26 Å². The van der Waals surface area contributed by atoms with Crippen molar-refractivity contribution in [3.63, 3.8) is 0 Å². The molecular weight excluding hydrogens is 716 g/mol. The summed E-state index contributed by atoms with van der Waals surface area (Å²) in [5.74, 6) is 0.773. The normalized spacial score (nSPS) is 24.0. The van der Waals surface area contributed by atoms with Crippen LogP contribution in [0.4, 0.5) is 4.79 Å². The first-order valence-electron chi connectivity index (χ1n) is 20.0. The predicted octanol–water partition coefficient (Wildman–Crippen LogP) is 2.60. The van der Waals surface area contributed by atoms with Crippen LogP contribution in [0.1, 0.15) is 77.0 Å². The standard InChI is InChI=1S/C38H60N6O11/c1-50-14-15-51-16-17-52-18-19-53-20-21-55-35(46)41-34-12-10-32(11-13-34)25-44-37(48)42(23-30-4-2-29(3-5-30)22-40-28-45)36(47)43(38(44)49)24-31-6-8-33(9-7-31)26-54-27-39/h29-34H,2-26H2,1H3,(H,41,46). The van der Waals surface area contributed by atoms with E-state index in [1.54, 1.807) is 19.4 Å². The van der Waals surface area contributed by atoms with E-state index in [0.717, 1.165) is 51.4 Å². The van der Waals surface area contributed by atoms with Crippen LogP contribution in [0.15, 0.2) is 19.4 Å². The number of amides is 1. The van der Waals surface area contributed by atoms with E-state index in [0.29, 0.717) is 78.5 Å². The number of methoxy groups -OCH3 is 1. The van der Waals surface area contributed by atoms with E-state index in [2.05, 4.69) is 10.3 Å². The van der Waals surface area contributed by atoms with Gasteiger partial charge in [-0.2, -0.15) is 5.26 Å². The van der Waals surface area contributed by atoms with Crippen LogP contribution in [0.25, 0.3) is 0 Å². The fourth-order valence-electron chi connectivity index (χ4n) is 8.00. The third-order valence-corrected chi connectivity index (χ3v) is 11.2. The number of aromatic nitrogens is 3. The van der Waals surface area contributed by atoms with Crippen molar-refractivity contribution in [1.82, 2.24) is 19.0 Å². The van der Waals surface area contributed by atoms with Crippen LogP contribution in [0.5, 0.6) is 0 Å². The largest absolute Gasteiger partial charge is 0.447 e. The highest BCUT2D eigenvalue weighted by atomic mass is 16.6. The summed E-state index contributed by atoms with van der Waals surface area (Å²) in [7, 11) is 1.62. The Morgan fingerprint density at radius 3 is 1.53 bits per heavy atom. The van der Waals surface area contributed by atoms with E-state index in [9.17, 15) is 24.0 Å². The summed E-state index contributed by atoms with van der Waals surface area (Å²) in [6.07, 6.45) is 12.1. The van der Waals surface area contributed by atoms with Gasteiger partial charge in [0.2, 0.25) is 6.08 Å². The van der Waals surface area contributed by atoms with E-state index >= 15 is 0 Å². The maximum Gasteiger partial charge on any atom is 0.407 e. The molecule has 55 heavy (non-hydrogen) atoms. The van der Waals surface area contributed by atoms with Gasteiger partial charge in [-0.3, -0.25) is 0 Å². The fraction of sp³-hybridized carbons (Fsp3) is 0.842. The van der Waals surface area contributed by atoms with Gasteiger partial charge >= 0.3 is 23.2 Å². The second kappa shape index (κ2) is 24.7. The average molecular weight is 777 g/mol. The van der Waals surface area contributed by atoms with Crippen molar-refractivity contribution in [3.05, 3.63) is 31.5 Å². The molecule has 1 heterocycles. The van der Waals surface area contributed by atoms with E-state index in [1.165, 1.54) is 13.7 Å². The number of carbonyl (C=O) groups excluding carboxylic acids is 2. The Bertz CT molecular complexity index is 1560. The number of hydrogen-bond acceptors (Lipinski definition) is 13. The highest BCUT2D eigenvalue weighted by molar-refractivity contribution is 5.67. The summed E-state index contributed by atoms with van der Waals surface area (Å²) < 4.78 is 35.1. The molecule has 17 heteroatoms. The van der Waals surface area contributed by atoms with E-state index in [1.807, 2.05) is 0 Å². The number of nitrogens with one attached hydrogen (secondary N) is 1. The van der Waals surface area contributed by atoms with Crippen molar-refractivity contribution in [2.45, 2.75) is 103 Å². The first-order valence-corrected chi connectivity index (χ1v) is 20.0. The highest BCUT2D eigenvalue weighted by Gasteiger charge is 2.29. The summed E-state index contributed by atoms with van der Waals surface area (Å²) in [6.45, 7) is 4.65. The molecule has 308 valence electrons. The van der Waals surface area contributed by atoms with Gasteiger partial charge in [0.1, 0.15) is 13.2 Å². The Morgan fingerprint density at radius 2 is 1.07 bits per heavy atom. The molecule has 3 aliphatic rings. The lowest BCUT2D eigenvalue weighted by molar-refractivity contribution is -0.00245. The molecule has 0 radical (unpaired) electrons. The number of isocyanates is 1. The van der Waals surface area contributed by atoms with Crippen molar-refractivity contribution in [2.75, 3.05) is 73.1 Å². The zero-order valence-corrected chi connectivity index (χ0v) is 32.4. The van der Waals surface area contributed by atoms with Gasteiger partial charge < -0.3 is 33.7 Å². The monoisotopic (exact) mass is 776 g/mol. The van der Waals surface area contributed by atoms with E-state index < -0.39 is 23.2 Å². The summed E-state index contributed by atoms with van der Waals surface area (Å²) in [4.78, 5) is 68.5. The molecule has 1 aromatic heterocycles. The van der Waals surface area contributed by atoms with E-state index in [-0.39, 0.29) is 68.5 Å². The Hall–Kier alpha value is -3.81. The third kappa shape index (κ3) is 15.0. The predicted molar refractivity (Wildman–Crippen MR) is 199 cm³/mol. The number of rotatable bonds is 23. The lowest BCUT2D eigenvalue weighted by Gasteiger charge is -2.30. The number of carbonyl (C=O) groups is 1. The molecule has 3 saturated carbocycles. The number of nitriles is 1. The van der Waals surface area contributed by atoms with Gasteiger partial charge in [-0.05, 0) is 107 Å². The molecule has 1 amide bonds. The van der Waals surface area contributed by atoms with Crippen molar-refractivity contribution < 1.29 is 38.0 Å². The molecule has 17 nitrogen and oxygen atoms in total. The van der Waals surface area contributed by atoms with Gasteiger partial charge in [0.15, 0.2) is 0 Å². The maximum atomic E-state index is 13.9. The van der Waals surface area contributed by atoms with Crippen LogP contribution in [-0.4, -0.2) is 105 Å². The fourth-order valence-corrected chi connectivity index (χ4v) is 8.00. The van der Waals surface area contributed by atoms with Gasteiger partial charge in [0, 0.05) is 32.8 Å². The van der Waals surface area contributed by atoms with Gasteiger partial charge in [-0.15, -0.1) is 0 Å². The summed E-state index contributed by atoms with van der Waals surface area (Å²) in [6, 6.07) is -0.0902. The average Bonchev–Trinajstić information content (AvgIpc) is 3.20. The zero-order chi connectivity index (χ0) is 39.3. The Kier molecular flexibility index (Phi) is 19.7. The Morgan fingerprint density at radius 1 is 0.655 bits per heavy atom. The quantitative estimate of drug-likeness (QED) is 0.0738. The van der Waals surface area contributed by atoms with Crippen LogP contribution in [0.3, 0.4) is 0 Å². The van der Waals surface area contributed by atoms with Gasteiger partial charge in [-0.25, -0.2) is 42.7 Å². The maximum absolute atomic E-state index is 13.9. The summed E-state index contributed by atoms with van der Waals surface area (Å²) in [5, 5.41) is 11.7. The molecule has 0 saturated heterocycles. The Balaban J connectivity index is 1.28. The minimum absolute atomic E-state index is 0.0239. The number of aliphatic imine (C=N–C) groups is 1. The molecule has 0 bridgehead atoms. The summed E-state index contributed by atoms with van der Waals surface area (Å²) in [5.41, 5.74) is -1.69. The Labute approximate surface area is 322 Å². The molecular formula is C38H60N6O11. The molecule has 0 atom stereocenters. The molecule has 0 aromatic carbocycles. The SMILES string of the molecule is COCCOCCOCCOCCOC(=O)NC1CCC(Cn2c(=O)n(CC3CCC(CN=C=O)CC3)c(=O)n(CC3CCC(COC#N)CC3)c2=O)CC1. The van der Waals surface area contributed by atoms with Crippen LogP contribution in [-0.2, 0) is 52.8 Å². The van der Waals surface area contributed by atoms with Crippen LogP contribution >= 0.6 is 0 Å².